The van der Waals surface area contributed by atoms with Crippen molar-refractivity contribution < 1.29 is 14.7 Å². The average Bonchev–Trinajstić information content (AvgIpc) is 2.35. The molecule has 0 heterocycles. The number of carbonyl (C=O) groups is 2. The summed E-state index contributed by atoms with van der Waals surface area (Å²) in [5.74, 6) is -1.35. The molecular weight excluding hydrogens is 282 g/mol. The topological polar surface area (TPSA) is 102 Å². The highest BCUT2D eigenvalue weighted by molar-refractivity contribution is 6.32. The molecular formula is C13H14ClN3O3. The van der Waals surface area contributed by atoms with E-state index in [1.807, 2.05) is 6.07 Å². The van der Waals surface area contributed by atoms with E-state index >= 15 is 0 Å². The molecule has 0 fully saturated rings. The van der Waals surface area contributed by atoms with E-state index in [2.05, 4.69) is 10.6 Å². The second-order valence-corrected chi connectivity index (χ2v) is 4.87. The summed E-state index contributed by atoms with van der Waals surface area (Å²) in [6, 6.07) is 4.67. The third-order valence-electron chi connectivity index (χ3n) is 2.57. The Morgan fingerprint density at radius 2 is 2.05 bits per heavy atom. The summed E-state index contributed by atoms with van der Waals surface area (Å²) >= 11 is 5.83. The van der Waals surface area contributed by atoms with Gasteiger partial charge in [-0.15, -0.1) is 0 Å². The molecule has 20 heavy (non-hydrogen) atoms. The van der Waals surface area contributed by atoms with Gasteiger partial charge in [0, 0.05) is 5.69 Å². The largest absolute Gasteiger partial charge is 0.480 e. The Morgan fingerprint density at radius 1 is 1.40 bits per heavy atom. The number of carboxylic acid groups (broad SMARTS) is 1. The average molecular weight is 296 g/mol. The van der Waals surface area contributed by atoms with Gasteiger partial charge in [0.1, 0.15) is 12.1 Å². The molecule has 0 bridgehead atoms. The summed E-state index contributed by atoms with van der Waals surface area (Å²) in [6.45, 7) is 3.38. The fourth-order valence-electron chi connectivity index (χ4n) is 1.51. The number of carboxylic acids is 1. The van der Waals surface area contributed by atoms with Crippen LogP contribution in [0, 0.1) is 17.2 Å². The lowest BCUT2D eigenvalue weighted by Gasteiger charge is -2.18. The third kappa shape index (κ3) is 4.14. The predicted octanol–water partition coefficient (Wildman–Crippen LogP) is 2.44. The molecule has 0 saturated heterocycles. The number of nitriles is 1. The Hall–Kier alpha value is -2.26. The Morgan fingerprint density at radius 3 is 2.50 bits per heavy atom. The van der Waals surface area contributed by atoms with E-state index < -0.39 is 18.0 Å². The molecule has 1 aromatic rings. The van der Waals surface area contributed by atoms with Gasteiger partial charge >= 0.3 is 12.0 Å². The number of anilines is 1. The summed E-state index contributed by atoms with van der Waals surface area (Å²) in [5, 5.41) is 22.7. The number of carbonyl (C=O) groups excluding carboxylic acids is 1. The Kier molecular flexibility index (Phi) is 5.35. The fraction of sp³-hybridized carbons (Fsp3) is 0.308. The van der Waals surface area contributed by atoms with Gasteiger partial charge in [-0.2, -0.15) is 5.26 Å². The molecule has 0 aliphatic carbocycles. The minimum Gasteiger partial charge on any atom is -0.480 e. The fourth-order valence-corrected chi connectivity index (χ4v) is 1.73. The van der Waals surface area contributed by atoms with Crippen LogP contribution in [0.3, 0.4) is 0 Å². The van der Waals surface area contributed by atoms with E-state index in [4.69, 9.17) is 22.0 Å². The van der Waals surface area contributed by atoms with Gasteiger partial charge in [0.15, 0.2) is 0 Å². The van der Waals surface area contributed by atoms with Crippen LogP contribution in [0.4, 0.5) is 10.5 Å². The maximum Gasteiger partial charge on any atom is 0.326 e. The van der Waals surface area contributed by atoms with Crippen molar-refractivity contribution in [1.82, 2.24) is 5.32 Å². The summed E-state index contributed by atoms with van der Waals surface area (Å²) < 4.78 is 0. The standard InChI is InChI=1S/C13H14ClN3O3/c1-7(2)11(12(18)19)17-13(20)16-9-4-3-8(6-15)10(14)5-9/h3-5,7,11H,1-2H3,(H,18,19)(H2,16,17,20)/t11-/m0/s1. The molecule has 0 aromatic heterocycles. The lowest BCUT2D eigenvalue weighted by atomic mass is 10.1. The number of nitrogens with zero attached hydrogens (tertiary/aromatic N) is 1. The maximum atomic E-state index is 11.7. The molecule has 2 amide bonds. The summed E-state index contributed by atoms with van der Waals surface area (Å²) in [7, 11) is 0. The van der Waals surface area contributed by atoms with Crippen molar-refractivity contribution in [1.29, 1.82) is 5.26 Å². The van der Waals surface area contributed by atoms with Crippen LogP contribution < -0.4 is 10.6 Å². The number of nitrogens with one attached hydrogen (secondary N) is 2. The first-order valence-electron chi connectivity index (χ1n) is 5.85. The van der Waals surface area contributed by atoms with E-state index in [0.29, 0.717) is 11.3 Å². The van der Waals surface area contributed by atoms with Gasteiger partial charge in [-0.1, -0.05) is 25.4 Å². The van der Waals surface area contributed by atoms with E-state index in [9.17, 15) is 9.59 Å². The maximum absolute atomic E-state index is 11.7. The van der Waals surface area contributed by atoms with Crippen LogP contribution in [0.25, 0.3) is 0 Å². The molecule has 0 radical (unpaired) electrons. The molecule has 1 aromatic carbocycles. The molecule has 1 atom stereocenters. The van der Waals surface area contributed by atoms with E-state index in [0.717, 1.165) is 0 Å². The van der Waals surface area contributed by atoms with Crippen LogP contribution in [0.5, 0.6) is 0 Å². The number of halogens is 1. The quantitative estimate of drug-likeness (QED) is 0.794. The molecule has 0 aliphatic heterocycles. The first-order valence-corrected chi connectivity index (χ1v) is 6.23. The van der Waals surface area contributed by atoms with E-state index in [-0.39, 0.29) is 10.9 Å². The number of hydrogen-bond donors (Lipinski definition) is 3. The highest BCUT2D eigenvalue weighted by Gasteiger charge is 2.23. The van der Waals surface area contributed by atoms with Crippen LogP contribution in [0.15, 0.2) is 18.2 Å². The Labute approximate surface area is 121 Å². The monoisotopic (exact) mass is 295 g/mol. The van der Waals surface area contributed by atoms with Crippen LogP contribution in [-0.4, -0.2) is 23.1 Å². The minimum absolute atomic E-state index is 0.212. The van der Waals surface area contributed by atoms with Crippen LogP contribution >= 0.6 is 11.6 Å². The molecule has 0 unspecified atom stereocenters. The summed E-state index contributed by atoms with van der Waals surface area (Å²) in [4.78, 5) is 22.7. The van der Waals surface area contributed by atoms with Gasteiger partial charge < -0.3 is 15.7 Å². The number of aliphatic carboxylic acids is 1. The molecule has 106 valence electrons. The van der Waals surface area contributed by atoms with Crippen LogP contribution in [0.2, 0.25) is 5.02 Å². The number of rotatable bonds is 4. The van der Waals surface area contributed by atoms with Crippen LogP contribution in [-0.2, 0) is 4.79 Å². The number of urea groups is 1. The first-order chi connectivity index (χ1) is 9.35. The highest BCUT2D eigenvalue weighted by atomic mass is 35.5. The van der Waals surface area contributed by atoms with Gasteiger partial charge in [0.05, 0.1) is 10.6 Å². The first kappa shape index (κ1) is 15.8. The van der Waals surface area contributed by atoms with Gasteiger partial charge in [-0.3, -0.25) is 0 Å². The molecule has 0 spiro atoms. The molecule has 7 heteroatoms. The van der Waals surface area contributed by atoms with Crippen molar-refractivity contribution in [3.63, 3.8) is 0 Å². The third-order valence-corrected chi connectivity index (χ3v) is 2.88. The Bertz CT molecular complexity index is 566. The molecule has 0 saturated carbocycles. The number of hydrogen-bond acceptors (Lipinski definition) is 3. The van der Waals surface area contributed by atoms with Gasteiger partial charge in [0.25, 0.3) is 0 Å². The van der Waals surface area contributed by atoms with E-state index in [1.165, 1.54) is 18.2 Å². The molecule has 3 N–H and O–H groups in total. The van der Waals surface area contributed by atoms with E-state index in [1.54, 1.807) is 13.8 Å². The molecule has 1 rings (SSSR count). The van der Waals surface area contributed by atoms with Crippen molar-refractivity contribution in [2.45, 2.75) is 19.9 Å². The van der Waals surface area contributed by atoms with Crippen molar-refractivity contribution in [3.8, 4) is 6.07 Å². The van der Waals surface area contributed by atoms with Crippen LogP contribution in [0.1, 0.15) is 19.4 Å². The second-order valence-electron chi connectivity index (χ2n) is 4.46. The van der Waals surface area contributed by atoms with Crippen molar-refractivity contribution in [2.24, 2.45) is 5.92 Å². The zero-order valence-corrected chi connectivity index (χ0v) is 11.7. The summed E-state index contributed by atoms with van der Waals surface area (Å²) in [6.07, 6.45) is 0. The smallest absolute Gasteiger partial charge is 0.326 e. The second kappa shape index (κ2) is 6.78. The van der Waals surface area contributed by atoms with Crippen molar-refractivity contribution in [2.75, 3.05) is 5.32 Å². The van der Waals surface area contributed by atoms with Crippen molar-refractivity contribution in [3.05, 3.63) is 28.8 Å². The zero-order valence-electron chi connectivity index (χ0n) is 11.0. The van der Waals surface area contributed by atoms with Gasteiger partial charge in [-0.25, -0.2) is 9.59 Å². The van der Waals surface area contributed by atoms with Crippen molar-refractivity contribution >= 4 is 29.3 Å². The SMILES string of the molecule is CC(C)[C@H](NC(=O)Nc1ccc(C#N)c(Cl)c1)C(=O)O. The predicted molar refractivity (Wildman–Crippen MR) is 74.6 cm³/mol. The lowest BCUT2D eigenvalue weighted by Crippen LogP contribution is -2.46. The summed E-state index contributed by atoms with van der Waals surface area (Å²) in [5.41, 5.74) is 0.669. The van der Waals surface area contributed by atoms with Gasteiger partial charge in [0.2, 0.25) is 0 Å². The van der Waals surface area contributed by atoms with Gasteiger partial charge in [-0.05, 0) is 24.1 Å². The number of amides is 2. The highest BCUT2D eigenvalue weighted by Crippen LogP contribution is 2.20. The molecule has 0 aliphatic rings. The minimum atomic E-state index is -1.10. The zero-order chi connectivity index (χ0) is 15.3. The number of benzene rings is 1. The lowest BCUT2D eigenvalue weighted by molar-refractivity contribution is -0.140. The normalized spacial score (nSPS) is 11.6. The Balaban J connectivity index is 2.74. The molecule has 6 nitrogen and oxygen atoms in total.